The lowest BCUT2D eigenvalue weighted by atomic mass is 10.00. The lowest BCUT2D eigenvalue weighted by Gasteiger charge is -2.14. The zero-order chi connectivity index (χ0) is 13.3. The molecule has 18 heavy (non-hydrogen) atoms. The van der Waals surface area contributed by atoms with Crippen LogP contribution in [0.2, 0.25) is 5.02 Å². The molecule has 1 unspecified atom stereocenters. The summed E-state index contributed by atoms with van der Waals surface area (Å²) in [7, 11) is 0. The van der Waals surface area contributed by atoms with Gasteiger partial charge in [-0.2, -0.15) is 0 Å². The molecule has 0 heterocycles. The Morgan fingerprint density at radius 2 is 1.72 bits per heavy atom. The van der Waals surface area contributed by atoms with Gasteiger partial charge in [-0.3, -0.25) is 0 Å². The molecule has 2 aromatic rings. The van der Waals surface area contributed by atoms with Crippen molar-refractivity contribution in [2.45, 2.75) is 19.2 Å². The van der Waals surface area contributed by atoms with Crippen molar-refractivity contribution in [1.82, 2.24) is 0 Å². The number of halogens is 3. The Morgan fingerprint density at radius 3 is 2.39 bits per heavy atom. The SMILES string of the molecule is Cc1ccc(C(Cl)c2cc(Cl)ccc2I)cc1C. The van der Waals surface area contributed by atoms with Gasteiger partial charge in [0, 0.05) is 8.59 Å². The fourth-order valence-corrected chi connectivity index (χ4v) is 3.14. The minimum Gasteiger partial charge on any atom is -0.113 e. The van der Waals surface area contributed by atoms with E-state index in [4.69, 9.17) is 23.2 Å². The molecular weight excluding hydrogens is 378 g/mol. The molecule has 0 N–H and O–H groups in total. The Bertz CT molecular complexity index is 579. The van der Waals surface area contributed by atoms with Crippen molar-refractivity contribution in [3.05, 3.63) is 67.2 Å². The number of hydrogen-bond acceptors (Lipinski definition) is 0. The van der Waals surface area contributed by atoms with Crippen LogP contribution in [0.25, 0.3) is 0 Å². The van der Waals surface area contributed by atoms with E-state index >= 15 is 0 Å². The number of hydrogen-bond donors (Lipinski definition) is 0. The molecule has 0 aliphatic rings. The van der Waals surface area contributed by atoms with Gasteiger partial charge in [-0.15, -0.1) is 11.6 Å². The van der Waals surface area contributed by atoms with E-state index < -0.39 is 0 Å². The zero-order valence-electron chi connectivity index (χ0n) is 10.2. The van der Waals surface area contributed by atoms with Crippen molar-refractivity contribution >= 4 is 45.8 Å². The molecule has 0 radical (unpaired) electrons. The number of alkyl halides is 1. The molecule has 0 amide bonds. The van der Waals surface area contributed by atoms with E-state index in [1.165, 1.54) is 11.1 Å². The topological polar surface area (TPSA) is 0 Å². The molecule has 0 fully saturated rings. The standard InChI is InChI=1S/C15H13Cl2I/c1-9-3-4-11(7-10(9)2)15(17)13-8-12(16)5-6-14(13)18/h3-8,15H,1-2H3. The summed E-state index contributed by atoms with van der Waals surface area (Å²) in [5.41, 5.74) is 4.71. The molecule has 1 atom stereocenters. The summed E-state index contributed by atoms with van der Waals surface area (Å²) in [6.45, 7) is 4.21. The summed E-state index contributed by atoms with van der Waals surface area (Å²) in [5.74, 6) is 0. The van der Waals surface area contributed by atoms with E-state index in [9.17, 15) is 0 Å². The first-order valence-corrected chi connectivity index (χ1v) is 7.54. The highest BCUT2D eigenvalue weighted by molar-refractivity contribution is 14.1. The van der Waals surface area contributed by atoms with Gasteiger partial charge in [0.1, 0.15) is 0 Å². The molecule has 2 rings (SSSR count). The predicted molar refractivity (Wildman–Crippen MR) is 87.8 cm³/mol. The van der Waals surface area contributed by atoms with Crippen LogP contribution in [0.5, 0.6) is 0 Å². The molecule has 94 valence electrons. The van der Waals surface area contributed by atoms with E-state index in [1.807, 2.05) is 18.2 Å². The Kier molecular flexibility index (Phi) is 4.57. The first-order chi connectivity index (χ1) is 8.49. The lowest BCUT2D eigenvalue weighted by molar-refractivity contribution is 1.11. The highest BCUT2D eigenvalue weighted by Crippen LogP contribution is 2.34. The second-order valence-corrected chi connectivity index (χ2v) is 6.41. The highest BCUT2D eigenvalue weighted by Gasteiger charge is 2.14. The van der Waals surface area contributed by atoms with Crippen LogP contribution in [0.4, 0.5) is 0 Å². The maximum absolute atomic E-state index is 6.57. The zero-order valence-corrected chi connectivity index (χ0v) is 13.8. The molecule has 0 saturated carbocycles. The molecule has 2 aromatic carbocycles. The highest BCUT2D eigenvalue weighted by atomic mass is 127. The average Bonchev–Trinajstić information content (AvgIpc) is 2.35. The van der Waals surface area contributed by atoms with Crippen LogP contribution < -0.4 is 0 Å². The molecule has 0 spiro atoms. The third-order valence-electron chi connectivity index (χ3n) is 3.05. The minimum absolute atomic E-state index is 0.158. The number of aryl methyl sites for hydroxylation is 2. The van der Waals surface area contributed by atoms with E-state index in [-0.39, 0.29) is 5.38 Å². The van der Waals surface area contributed by atoms with E-state index in [0.29, 0.717) is 0 Å². The molecule has 0 bridgehead atoms. The summed E-state index contributed by atoms with van der Waals surface area (Å²) < 4.78 is 1.13. The van der Waals surface area contributed by atoms with Crippen LogP contribution in [0.3, 0.4) is 0 Å². The maximum Gasteiger partial charge on any atom is 0.0846 e. The number of rotatable bonds is 2. The van der Waals surface area contributed by atoms with Crippen LogP contribution in [-0.2, 0) is 0 Å². The predicted octanol–water partition coefficient (Wildman–Crippen LogP) is 5.89. The Morgan fingerprint density at radius 1 is 1.00 bits per heavy atom. The molecule has 0 aliphatic carbocycles. The van der Waals surface area contributed by atoms with Crippen LogP contribution in [0, 0.1) is 17.4 Å². The second kappa shape index (κ2) is 5.81. The average molecular weight is 391 g/mol. The monoisotopic (exact) mass is 390 g/mol. The van der Waals surface area contributed by atoms with Gasteiger partial charge < -0.3 is 0 Å². The van der Waals surface area contributed by atoms with Gasteiger partial charge in [-0.1, -0.05) is 29.8 Å². The third-order valence-corrected chi connectivity index (χ3v) is 4.76. The summed E-state index contributed by atoms with van der Waals surface area (Å²) in [5, 5.41) is 0.565. The van der Waals surface area contributed by atoms with Gasteiger partial charge >= 0.3 is 0 Å². The van der Waals surface area contributed by atoms with Gasteiger partial charge in [0.2, 0.25) is 0 Å². The van der Waals surface area contributed by atoms with Crippen molar-refractivity contribution in [3.63, 3.8) is 0 Å². The quantitative estimate of drug-likeness (QED) is 0.443. The van der Waals surface area contributed by atoms with Crippen molar-refractivity contribution in [1.29, 1.82) is 0 Å². The lowest BCUT2D eigenvalue weighted by Crippen LogP contribution is -1.97. The Hall–Kier alpha value is -0.250. The first kappa shape index (κ1) is 14.2. The third kappa shape index (κ3) is 3.01. The van der Waals surface area contributed by atoms with Crippen molar-refractivity contribution in [2.24, 2.45) is 0 Å². The fourth-order valence-electron chi connectivity index (χ4n) is 1.81. The van der Waals surface area contributed by atoms with Crippen LogP contribution in [-0.4, -0.2) is 0 Å². The van der Waals surface area contributed by atoms with Gasteiger partial charge in [0.05, 0.1) is 5.38 Å². The maximum atomic E-state index is 6.57. The molecule has 0 aromatic heterocycles. The summed E-state index contributed by atoms with van der Waals surface area (Å²) in [4.78, 5) is 0. The summed E-state index contributed by atoms with van der Waals surface area (Å²) in [6.07, 6.45) is 0. The van der Waals surface area contributed by atoms with Crippen molar-refractivity contribution < 1.29 is 0 Å². The summed E-state index contributed by atoms with van der Waals surface area (Å²) >= 11 is 14.9. The molecule has 0 nitrogen and oxygen atoms in total. The molecule has 0 aliphatic heterocycles. The van der Waals surface area contributed by atoms with Gasteiger partial charge in [-0.05, 0) is 76.9 Å². The van der Waals surface area contributed by atoms with Crippen LogP contribution >= 0.6 is 45.8 Å². The summed E-state index contributed by atoms with van der Waals surface area (Å²) in [6, 6.07) is 12.2. The smallest absolute Gasteiger partial charge is 0.0846 e. The van der Waals surface area contributed by atoms with E-state index in [1.54, 1.807) is 0 Å². The van der Waals surface area contributed by atoms with Gasteiger partial charge in [-0.25, -0.2) is 0 Å². The normalized spacial score (nSPS) is 12.5. The van der Waals surface area contributed by atoms with Crippen LogP contribution in [0.15, 0.2) is 36.4 Å². The van der Waals surface area contributed by atoms with Gasteiger partial charge in [0.25, 0.3) is 0 Å². The van der Waals surface area contributed by atoms with Crippen LogP contribution in [0.1, 0.15) is 27.6 Å². The minimum atomic E-state index is -0.158. The second-order valence-electron chi connectivity index (χ2n) is 4.37. The molecule has 3 heteroatoms. The number of benzene rings is 2. The molecular formula is C15H13Cl2I. The largest absolute Gasteiger partial charge is 0.113 e. The Labute approximate surface area is 131 Å². The van der Waals surface area contributed by atoms with E-state index in [0.717, 1.165) is 19.7 Å². The first-order valence-electron chi connectivity index (χ1n) is 5.65. The fraction of sp³-hybridized carbons (Fsp3) is 0.200. The van der Waals surface area contributed by atoms with Crippen molar-refractivity contribution in [3.8, 4) is 0 Å². The van der Waals surface area contributed by atoms with Gasteiger partial charge in [0.15, 0.2) is 0 Å². The Balaban J connectivity index is 2.44. The molecule has 0 saturated heterocycles. The van der Waals surface area contributed by atoms with Crippen molar-refractivity contribution in [2.75, 3.05) is 0 Å². The van der Waals surface area contributed by atoms with E-state index in [2.05, 4.69) is 54.6 Å².